The summed E-state index contributed by atoms with van der Waals surface area (Å²) in [6.07, 6.45) is 6.76. The Morgan fingerprint density at radius 3 is 3.06 bits per heavy atom. The first kappa shape index (κ1) is 13.5. The standard InChI is InChI=1S/C13H20N2O2/c1-2-3-9-15-13(16)7-5-10-17-12-6-4-8-14-11-12/h4,6,8,11H,2-3,5,7,9-10H2,1H3,(H,15,16). The van der Waals surface area contributed by atoms with Crippen molar-refractivity contribution in [2.45, 2.75) is 32.6 Å². The summed E-state index contributed by atoms with van der Waals surface area (Å²) in [4.78, 5) is 15.3. The lowest BCUT2D eigenvalue weighted by Crippen LogP contribution is -2.24. The van der Waals surface area contributed by atoms with Crippen LogP contribution < -0.4 is 10.1 Å². The topological polar surface area (TPSA) is 51.2 Å². The van der Waals surface area contributed by atoms with Crippen molar-refractivity contribution in [3.63, 3.8) is 0 Å². The van der Waals surface area contributed by atoms with Crippen molar-refractivity contribution in [2.24, 2.45) is 0 Å². The molecule has 0 aliphatic rings. The zero-order valence-corrected chi connectivity index (χ0v) is 10.3. The lowest BCUT2D eigenvalue weighted by Gasteiger charge is -2.06. The number of nitrogens with zero attached hydrogens (tertiary/aromatic N) is 1. The molecule has 1 aromatic rings. The number of pyridine rings is 1. The number of aromatic nitrogens is 1. The molecule has 1 rings (SSSR count). The van der Waals surface area contributed by atoms with Gasteiger partial charge in [0.1, 0.15) is 5.75 Å². The second-order valence-electron chi connectivity index (χ2n) is 3.84. The van der Waals surface area contributed by atoms with Gasteiger partial charge in [0.2, 0.25) is 5.91 Å². The van der Waals surface area contributed by atoms with Gasteiger partial charge >= 0.3 is 0 Å². The number of ether oxygens (including phenoxy) is 1. The highest BCUT2D eigenvalue weighted by atomic mass is 16.5. The fourth-order valence-corrected chi connectivity index (χ4v) is 1.35. The number of carbonyl (C=O) groups is 1. The normalized spacial score (nSPS) is 9.94. The van der Waals surface area contributed by atoms with Gasteiger partial charge in [-0.3, -0.25) is 9.78 Å². The average molecular weight is 236 g/mol. The van der Waals surface area contributed by atoms with Crippen LogP contribution in [0.2, 0.25) is 0 Å². The van der Waals surface area contributed by atoms with Crippen LogP contribution in [0.25, 0.3) is 0 Å². The molecule has 1 aromatic heterocycles. The Labute approximate surface area is 102 Å². The van der Waals surface area contributed by atoms with E-state index in [1.165, 1.54) is 0 Å². The Hall–Kier alpha value is -1.58. The maximum Gasteiger partial charge on any atom is 0.220 e. The molecule has 1 heterocycles. The van der Waals surface area contributed by atoms with Crippen molar-refractivity contribution in [3.8, 4) is 5.75 Å². The number of amides is 1. The molecular formula is C13H20N2O2. The van der Waals surface area contributed by atoms with Crippen molar-refractivity contribution in [1.82, 2.24) is 10.3 Å². The van der Waals surface area contributed by atoms with E-state index in [-0.39, 0.29) is 5.91 Å². The molecule has 0 aromatic carbocycles. The maximum absolute atomic E-state index is 11.4. The fourth-order valence-electron chi connectivity index (χ4n) is 1.35. The van der Waals surface area contributed by atoms with Crippen molar-refractivity contribution < 1.29 is 9.53 Å². The van der Waals surface area contributed by atoms with Gasteiger partial charge in [-0.2, -0.15) is 0 Å². The summed E-state index contributed by atoms with van der Waals surface area (Å²) in [6.45, 7) is 3.43. The molecular weight excluding hydrogens is 216 g/mol. The van der Waals surface area contributed by atoms with E-state index < -0.39 is 0 Å². The molecule has 0 bridgehead atoms. The molecule has 0 spiro atoms. The molecule has 1 N–H and O–H groups in total. The van der Waals surface area contributed by atoms with Crippen LogP contribution in [0.5, 0.6) is 5.75 Å². The second-order valence-corrected chi connectivity index (χ2v) is 3.84. The van der Waals surface area contributed by atoms with E-state index in [1.54, 1.807) is 12.4 Å². The van der Waals surface area contributed by atoms with Crippen LogP contribution in [0.3, 0.4) is 0 Å². The van der Waals surface area contributed by atoms with Crippen LogP contribution in [-0.4, -0.2) is 24.0 Å². The highest BCUT2D eigenvalue weighted by Crippen LogP contribution is 2.06. The predicted octanol–water partition coefficient (Wildman–Crippen LogP) is 2.16. The fraction of sp³-hybridized carbons (Fsp3) is 0.538. The zero-order chi connectivity index (χ0) is 12.3. The van der Waals surface area contributed by atoms with E-state index in [0.29, 0.717) is 13.0 Å². The summed E-state index contributed by atoms with van der Waals surface area (Å²) in [7, 11) is 0. The van der Waals surface area contributed by atoms with Gasteiger partial charge in [0.25, 0.3) is 0 Å². The minimum Gasteiger partial charge on any atom is -0.492 e. The van der Waals surface area contributed by atoms with E-state index in [0.717, 1.165) is 31.6 Å². The number of carbonyl (C=O) groups excluding carboxylic acids is 1. The first-order valence-electron chi connectivity index (χ1n) is 6.12. The largest absolute Gasteiger partial charge is 0.492 e. The second kappa shape index (κ2) is 8.56. The van der Waals surface area contributed by atoms with Crippen molar-refractivity contribution in [3.05, 3.63) is 24.5 Å². The molecule has 0 radical (unpaired) electrons. The van der Waals surface area contributed by atoms with E-state index in [2.05, 4.69) is 17.2 Å². The Morgan fingerprint density at radius 2 is 2.35 bits per heavy atom. The van der Waals surface area contributed by atoms with E-state index in [4.69, 9.17) is 4.74 Å². The summed E-state index contributed by atoms with van der Waals surface area (Å²) in [6, 6.07) is 3.68. The lowest BCUT2D eigenvalue weighted by molar-refractivity contribution is -0.121. The Bertz CT molecular complexity index is 314. The molecule has 1 amide bonds. The summed E-state index contributed by atoms with van der Waals surface area (Å²) < 4.78 is 5.44. The van der Waals surface area contributed by atoms with Gasteiger partial charge in [-0.05, 0) is 25.0 Å². The number of hydrogen-bond donors (Lipinski definition) is 1. The molecule has 0 saturated carbocycles. The first-order valence-corrected chi connectivity index (χ1v) is 6.12. The Balaban J connectivity index is 2.02. The minimum absolute atomic E-state index is 0.105. The van der Waals surface area contributed by atoms with Crippen molar-refractivity contribution in [1.29, 1.82) is 0 Å². The first-order chi connectivity index (χ1) is 8.33. The summed E-state index contributed by atoms with van der Waals surface area (Å²) in [5, 5.41) is 2.88. The van der Waals surface area contributed by atoms with E-state index in [1.807, 2.05) is 12.1 Å². The predicted molar refractivity (Wildman–Crippen MR) is 66.9 cm³/mol. The molecule has 0 fully saturated rings. The van der Waals surface area contributed by atoms with Crippen LogP contribution in [0.4, 0.5) is 0 Å². The van der Waals surface area contributed by atoms with Crippen LogP contribution in [0, 0.1) is 0 Å². The van der Waals surface area contributed by atoms with Gasteiger partial charge in [-0.1, -0.05) is 13.3 Å². The van der Waals surface area contributed by atoms with Crippen molar-refractivity contribution in [2.75, 3.05) is 13.2 Å². The summed E-state index contributed by atoms with van der Waals surface area (Å²) in [5.41, 5.74) is 0. The number of rotatable bonds is 8. The minimum atomic E-state index is 0.105. The molecule has 0 aliphatic heterocycles. The molecule has 0 atom stereocenters. The Morgan fingerprint density at radius 1 is 1.47 bits per heavy atom. The zero-order valence-electron chi connectivity index (χ0n) is 10.3. The van der Waals surface area contributed by atoms with Crippen molar-refractivity contribution >= 4 is 5.91 Å². The monoisotopic (exact) mass is 236 g/mol. The van der Waals surface area contributed by atoms with Gasteiger partial charge in [0.05, 0.1) is 12.8 Å². The van der Waals surface area contributed by atoms with Crippen LogP contribution in [-0.2, 0) is 4.79 Å². The van der Waals surface area contributed by atoms with Gasteiger partial charge in [0, 0.05) is 19.2 Å². The molecule has 4 heteroatoms. The maximum atomic E-state index is 11.4. The third-order valence-corrected chi connectivity index (χ3v) is 2.30. The highest BCUT2D eigenvalue weighted by Gasteiger charge is 2.00. The van der Waals surface area contributed by atoms with Gasteiger partial charge < -0.3 is 10.1 Å². The van der Waals surface area contributed by atoms with Crippen LogP contribution in [0.15, 0.2) is 24.5 Å². The van der Waals surface area contributed by atoms with Crippen LogP contribution >= 0.6 is 0 Å². The van der Waals surface area contributed by atoms with Gasteiger partial charge in [0.15, 0.2) is 0 Å². The Kier molecular flexibility index (Phi) is 6.79. The molecule has 94 valence electrons. The number of unbranched alkanes of at least 4 members (excludes halogenated alkanes) is 1. The lowest BCUT2D eigenvalue weighted by atomic mass is 10.3. The van der Waals surface area contributed by atoms with Gasteiger partial charge in [-0.25, -0.2) is 0 Å². The average Bonchev–Trinajstić information content (AvgIpc) is 2.36. The SMILES string of the molecule is CCCCNC(=O)CCCOc1cccnc1. The third-order valence-electron chi connectivity index (χ3n) is 2.30. The highest BCUT2D eigenvalue weighted by molar-refractivity contribution is 5.75. The molecule has 0 unspecified atom stereocenters. The molecule has 4 nitrogen and oxygen atoms in total. The smallest absolute Gasteiger partial charge is 0.220 e. The third kappa shape index (κ3) is 6.56. The van der Waals surface area contributed by atoms with E-state index >= 15 is 0 Å². The molecule has 17 heavy (non-hydrogen) atoms. The van der Waals surface area contributed by atoms with Crippen LogP contribution in [0.1, 0.15) is 32.6 Å². The molecule has 0 aliphatic carbocycles. The molecule has 0 saturated heterocycles. The number of nitrogens with one attached hydrogen (secondary N) is 1. The summed E-state index contributed by atoms with van der Waals surface area (Å²) >= 11 is 0. The van der Waals surface area contributed by atoms with Gasteiger partial charge in [-0.15, -0.1) is 0 Å². The summed E-state index contributed by atoms with van der Waals surface area (Å²) in [5.74, 6) is 0.854. The number of hydrogen-bond acceptors (Lipinski definition) is 3. The quantitative estimate of drug-likeness (QED) is 0.704. The van der Waals surface area contributed by atoms with E-state index in [9.17, 15) is 4.79 Å².